The number of rotatable bonds is 42. The Morgan fingerprint density at radius 3 is 1.40 bits per heavy atom. The van der Waals surface area contributed by atoms with E-state index in [9.17, 15) is 30.0 Å². The summed E-state index contributed by atoms with van der Waals surface area (Å²) in [5.41, 5.74) is 0. The van der Waals surface area contributed by atoms with Gasteiger partial charge >= 0.3 is 11.9 Å². The van der Waals surface area contributed by atoms with Gasteiger partial charge in [0.15, 0.2) is 12.4 Å². The van der Waals surface area contributed by atoms with E-state index in [4.69, 9.17) is 18.9 Å². The molecule has 0 spiro atoms. The monoisotopic (exact) mass is 889 g/mol. The van der Waals surface area contributed by atoms with E-state index in [2.05, 4.69) is 68.5 Å². The second-order valence-corrected chi connectivity index (χ2v) is 17.2. The lowest BCUT2D eigenvalue weighted by Crippen LogP contribution is -2.59. The number of esters is 2. The normalized spacial score (nSPS) is 20.0. The summed E-state index contributed by atoms with van der Waals surface area (Å²) in [6.45, 7) is 3.27. The molecule has 10 heteroatoms. The van der Waals surface area contributed by atoms with Gasteiger partial charge in [-0.25, -0.2) is 0 Å². The second-order valence-electron chi connectivity index (χ2n) is 17.2. The lowest BCUT2D eigenvalue weighted by molar-refractivity contribution is -0.305. The van der Waals surface area contributed by atoms with E-state index in [0.717, 1.165) is 51.4 Å². The highest BCUT2D eigenvalue weighted by Gasteiger charge is 2.44. The van der Waals surface area contributed by atoms with Crippen molar-refractivity contribution < 1.29 is 49.0 Å². The molecule has 0 aliphatic carbocycles. The van der Waals surface area contributed by atoms with Crippen molar-refractivity contribution in [2.45, 2.75) is 243 Å². The Bertz CT molecular complexity index is 1210. The van der Waals surface area contributed by atoms with Crippen LogP contribution in [0.4, 0.5) is 0 Å². The molecule has 63 heavy (non-hydrogen) atoms. The molecule has 0 saturated carbocycles. The first kappa shape index (κ1) is 58.4. The van der Waals surface area contributed by atoms with Crippen molar-refractivity contribution in [2.24, 2.45) is 0 Å². The third kappa shape index (κ3) is 34.4. The standard InChI is InChI=1S/C53H92O10/c1-3-5-7-9-11-13-15-17-19-21-22-23-24-26-27-29-31-33-35-37-39-41-48(55)60-44-46(45-61-53-52(59)51(58)50(57)47(43-54)63-53)62-49(56)42-40-38-36-34-32-30-28-25-20-18-16-14-12-10-8-6-4-2/h6,8,12,14,18,20,28,30,34,36,46-47,50-54,57-59H,3-5,7,9-11,13,15-17,19,21-27,29,31-33,35,37-45H2,1-2H3/b8-6+,14-12+,20-18+,30-28+,36-34+/t46-,47-,50+,51?,52?,53-/m0/s1. The Morgan fingerprint density at radius 1 is 0.508 bits per heavy atom. The summed E-state index contributed by atoms with van der Waals surface area (Å²) in [5.74, 6) is -0.870. The lowest BCUT2D eigenvalue weighted by Gasteiger charge is -2.39. The molecule has 1 fully saturated rings. The lowest BCUT2D eigenvalue weighted by atomic mass is 9.99. The smallest absolute Gasteiger partial charge is 0.306 e. The van der Waals surface area contributed by atoms with E-state index >= 15 is 0 Å². The first-order valence-electron chi connectivity index (χ1n) is 25.4. The number of carbonyl (C=O) groups is 2. The van der Waals surface area contributed by atoms with E-state index in [1.807, 2.05) is 6.08 Å². The highest BCUT2D eigenvalue weighted by Crippen LogP contribution is 2.23. The molecule has 1 heterocycles. The average Bonchev–Trinajstić information content (AvgIpc) is 3.28. The van der Waals surface area contributed by atoms with Crippen molar-refractivity contribution in [2.75, 3.05) is 19.8 Å². The van der Waals surface area contributed by atoms with Gasteiger partial charge in [-0.15, -0.1) is 0 Å². The van der Waals surface area contributed by atoms with Crippen molar-refractivity contribution >= 4 is 11.9 Å². The molecule has 0 amide bonds. The second kappa shape index (κ2) is 43.3. The molecule has 1 saturated heterocycles. The van der Waals surface area contributed by atoms with Crippen molar-refractivity contribution in [1.29, 1.82) is 0 Å². The third-order valence-corrected chi connectivity index (χ3v) is 11.4. The summed E-state index contributed by atoms with van der Waals surface area (Å²) in [7, 11) is 0. The molecule has 0 bridgehead atoms. The molecule has 10 nitrogen and oxygen atoms in total. The van der Waals surface area contributed by atoms with Crippen LogP contribution in [0.15, 0.2) is 60.8 Å². The van der Waals surface area contributed by atoms with Crippen LogP contribution in [0.1, 0.15) is 206 Å². The Morgan fingerprint density at radius 2 is 0.937 bits per heavy atom. The number of unbranched alkanes of at least 4 members (excludes halogenated alkanes) is 21. The van der Waals surface area contributed by atoms with E-state index < -0.39 is 49.4 Å². The molecular formula is C53H92O10. The Hall–Kier alpha value is -2.60. The van der Waals surface area contributed by atoms with Gasteiger partial charge < -0.3 is 39.4 Å². The van der Waals surface area contributed by atoms with Gasteiger partial charge in [0.1, 0.15) is 31.0 Å². The van der Waals surface area contributed by atoms with Gasteiger partial charge in [0.25, 0.3) is 0 Å². The maximum Gasteiger partial charge on any atom is 0.306 e. The minimum Gasteiger partial charge on any atom is -0.462 e. The number of carbonyl (C=O) groups excluding carboxylic acids is 2. The van der Waals surface area contributed by atoms with E-state index in [-0.39, 0.29) is 32.0 Å². The summed E-state index contributed by atoms with van der Waals surface area (Å²) < 4.78 is 22.2. The van der Waals surface area contributed by atoms with E-state index in [1.165, 1.54) is 116 Å². The molecule has 1 rings (SSSR count). The van der Waals surface area contributed by atoms with Gasteiger partial charge in [0.2, 0.25) is 0 Å². The minimum absolute atomic E-state index is 0.151. The topological polar surface area (TPSA) is 152 Å². The molecular weight excluding hydrogens is 797 g/mol. The summed E-state index contributed by atoms with van der Waals surface area (Å²) in [6.07, 6.45) is 46.7. The minimum atomic E-state index is -1.61. The quantitative estimate of drug-likeness (QED) is 0.0265. The van der Waals surface area contributed by atoms with Gasteiger partial charge in [-0.1, -0.05) is 203 Å². The van der Waals surface area contributed by atoms with Crippen LogP contribution < -0.4 is 0 Å². The largest absolute Gasteiger partial charge is 0.462 e. The fourth-order valence-corrected chi connectivity index (χ4v) is 7.46. The molecule has 6 atom stereocenters. The number of allylic oxidation sites excluding steroid dienone is 10. The van der Waals surface area contributed by atoms with Crippen LogP contribution in [0.2, 0.25) is 0 Å². The number of aliphatic hydroxyl groups excluding tert-OH is 4. The first-order chi connectivity index (χ1) is 30.8. The predicted octanol–water partition coefficient (Wildman–Crippen LogP) is 11.8. The molecule has 0 aromatic carbocycles. The molecule has 2 unspecified atom stereocenters. The molecule has 0 radical (unpaired) electrons. The van der Waals surface area contributed by atoms with E-state index in [1.54, 1.807) is 0 Å². The summed E-state index contributed by atoms with van der Waals surface area (Å²) in [5, 5.41) is 40.2. The van der Waals surface area contributed by atoms with Gasteiger partial charge in [0, 0.05) is 12.8 Å². The van der Waals surface area contributed by atoms with E-state index in [0.29, 0.717) is 12.8 Å². The van der Waals surface area contributed by atoms with Crippen LogP contribution in [0.25, 0.3) is 0 Å². The highest BCUT2D eigenvalue weighted by molar-refractivity contribution is 5.70. The highest BCUT2D eigenvalue weighted by atomic mass is 16.7. The van der Waals surface area contributed by atoms with Crippen molar-refractivity contribution in [3.8, 4) is 0 Å². The van der Waals surface area contributed by atoms with Gasteiger partial charge in [-0.2, -0.15) is 0 Å². The SMILES string of the molecule is CC/C=C/C/C=C/C/C=C/C/C=C/C/C=C/CCCC(=O)O[C@@H](COC(=O)CCCCCCCCCCCCCCCCCCCCCCC)CO[C@H]1O[C@@H](CO)[C@@H](O)C(O)C1O. The molecule has 1 aliphatic rings. The zero-order valence-electron chi connectivity index (χ0n) is 39.8. The van der Waals surface area contributed by atoms with Gasteiger partial charge in [0.05, 0.1) is 13.2 Å². The fourth-order valence-electron chi connectivity index (χ4n) is 7.46. The molecule has 4 N–H and O–H groups in total. The maximum absolute atomic E-state index is 12.8. The maximum atomic E-state index is 12.8. The fraction of sp³-hybridized carbons (Fsp3) is 0.774. The number of hydrogen-bond donors (Lipinski definition) is 4. The Labute approximate surface area is 383 Å². The van der Waals surface area contributed by atoms with Crippen LogP contribution in [-0.4, -0.2) is 89.0 Å². The first-order valence-corrected chi connectivity index (χ1v) is 25.4. The van der Waals surface area contributed by atoms with Crippen molar-refractivity contribution in [3.05, 3.63) is 60.8 Å². The van der Waals surface area contributed by atoms with Crippen molar-refractivity contribution in [1.82, 2.24) is 0 Å². The summed E-state index contributed by atoms with van der Waals surface area (Å²) in [6, 6.07) is 0. The Balaban J connectivity index is 2.29. The number of hydrogen-bond acceptors (Lipinski definition) is 10. The van der Waals surface area contributed by atoms with Crippen LogP contribution in [0, 0.1) is 0 Å². The van der Waals surface area contributed by atoms with Crippen molar-refractivity contribution in [3.63, 3.8) is 0 Å². The molecule has 0 aromatic heterocycles. The van der Waals surface area contributed by atoms with Crippen LogP contribution in [0.5, 0.6) is 0 Å². The van der Waals surface area contributed by atoms with Crippen LogP contribution in [-0.2, 0) is 28.5 Å². The summed E-state index contributed by atoms with van der Waals surface area (Å²) in [4.78, 5) is 25.4. The predicted molar refractivity (Wildman–Crippen MR) is 256 cm³/mol. The van der Waals surface area contributed by atoms with Gasteiger partial charge in [-0.3, -0.25) is 9.59 Å². The van der Waals surface area contributed by atoms with Gasteiger partial charge in [-0.05, 0) is 51.4 Å². The zero-order chi connectivity index (χ0) is 45.9. The third-order valence-electron chi connectivity index (χ3n) is 11.4. The van der Waals surface area contributed by atoms with Crippen LogP contribution in [0.3, 0.4) is 0 Å². The number of aliphatic hydroxyl groups is 4. The molecule has 364 valence electrons. The zero-order valence-corrected chi connectivity index (χ0v) is 39.8. The molecule has 0 aromatic rings. The summed E-state index contributed by atoms with van der Waals surface area (Å²) >= 11 is 0. The average molecular weight is 889 g/mol. The van der Waals surface area contributed by atoms with Crippen LogP contribution >= 0.6 is 0 Å². The Kier molecular flexibility index (Phi) is 40.2. The molecule has 1 aliphatic heterocycles. The number of ether oxygens (including phenoxy) is 4.